The average Bonchev–Trinajstić information content (AvgIpc) is 2.05. The van der Waals surface area contributed by atoms with Crippen LogP contribution in [0, 0.1) is 5.41 Å². The molecule has 1 aliphatic rings. The summed E-state index contributed by atoms with van der Waals surface area (Å²) < 4.78 is 0. The van der Waals surface area contributed by atoms with Crippen molar-refractivity contribution in [1.82, 2.24) is 0 Å². The van der Waals surface area contributed by atoms with Gasteiger partial charge in [-0.1, -0.05) is 20.3 Å². The zero-order chi connectivity index (χ0) is 9.24. The minimum absolute atomic E-state index is 0.00868. The van der Waals surface area contributed by atoms with E-state index in [1.807, 2.05) is 0 Å². The Balaban J connectivity index is 2.81. The third-order valence-electron chi connectivity index (χ3n) is 3.74. The molecule has 1 fully saturated rings. The molecule has 1 unspecified atom stereocenters. The van der Waals surface area contributed by atoms with E-state index in [2.05, 4.69) is 13.8 Å². The van der Waals surface area contributed by atoms with Crippen molar-refractivity contribution in [2.45, 2.75) is 58.1 Å². The Bertz CT molecular complexity index is 150. The molecule has 1 aliphatic carbocycles. The van der Waals surface area contributed by atoms with Crippen LogP contribution in [0.1, 0.15) is 52.4 Å². The standard InChI is InChI=1S/C10H21NO/c1-3-9(4-2)7-5-6-8-10(9,11)12/h12H,3-8,11H2,1-2H3. The van der Waals surface area contributed by atoms with Crippen LogP contribution in [0.4, 0.5) is 0 Å². The molecule has 3 N–H and O–H groups in total. The van der Waals surface area contributed by atoms with Gasteiger partial charge >= 0.3 is 0 Å². The Hall–Kier alpha value is -0.0800. The predicted molar refractivity (Wildman–Crippen MR) is 50.6 cm³/mol. The van der Waals surface area contributed by atoms with Gasteiger partial charge in [0.25, 0.3) is 0 Å². The summed E-state index contributed by atoms with van der Waals surface area (Å²) in [5.74, 6) is 0. The number of nitrogens with two attached hydrogens (primary N) is 1. The van der Waals surface area contributed by atoms with Crippen LogP contribution in [0.25, 0.3) is 0 Å². The largest absolute Gasteiger partial charge is 0.376 e. The van der Waals surface area contributed by atoms with Crippen LogP contribution in [-0.4, -0.2) is 10.8 Å². The summed E-state index contributed by atoms with van der Waals surface area (Å²) in [5, 5.41) is 10.1. The number of hydrogen-bond acceptors (Lipinski definition) is 2. The van der Waals surface area contributed by atoms with Crippen molar-refractivity contribution in [2.24, 2.45) is 11.1 Å². The van der Waals surface area contributed by atoms with Gasteiger partial charge in [-0.3, -0.25) is 0 Å². The van der Waals surface area contributed by atoms with E-state index in [9.17, 15) is 5.11 Å². The molecule has 0 aliphatic heterocycles. The molecule has 0 saturated heterocycles. The fourth-order valence-corrected chi connectivity index (χ4v) is 2.56. The van der Waals surface area contributed by atoms with Crippen LogP contribution in [-0.2, 0) is 0 Å². The van der Waals surface area contributed by atoms with Crippen LogP contribution in [0.2, 0.25) is 0 Å². The molecule has 0 spiro atoms. The fourth-order valence-electron chi connectivity index (χ4n) is 2.56. The molecular weight excluding hydrogens is 150 g/mol. The van der Waals surface area contributed by atoms with Gasteiger partial charge in [0, 0.05) is 5.41 Å². The molecule has 1 saturated carbocycles. The van der Waals surface area contributed by atoms with Crippen molar-refractivity contribution in [3.8, 4) is 0 Å². The van der Waals surface area contributed by atoms with Crippen molar-refractivity contribution >= 4 is 0 Å². The normalized spacial score (nSPS) is 35.0. The van der Waals surface area contributed by atoms with E-state index >= 15 is 0 Å². The minimum Gasteiger partial charge on any atom is -0.376 e. The molecule has 2 heteroatoms. The van der Waals surface area contributed by atoms with E-state index in [1.54, 1.807) is 0 Å². The zero-order valence-corrected chi connectivity index (χ0v) is 8.27. The Kier molecular flexibility index (Phi) is 2.79. The van der Waals surface area contributed by atoms with Gasteiger partial charge in [-0.05, 0) is 32.1 Å². The molecule has 12 heavy (non-hydrogen) atoms. The van der Waals surface area contributed by atoms with Crippen molar-refractivity contribution in [3.63, 3.8) is 0 Å². The van der Waals surface area contributed by atoms with E-state index < -0.39 is 5.72 Å². The van der Waals surface area contributed by atoms with Crippen molar-refractivity contribution in [3.05, 3.63) is 0 Å². The van der Waals surface area contributed by atoms with Gasteiger partial charge in [-0.15, -0.1) is 0 Å². The molecule has 0 amide bonds. The smallest absolute Gasteiger partial charge is 0.119 e. The van der Waals surface area contributed by atoms with Crippen LogP contribution >= 0.6 is 0 Å². The Morgan fingerprint density at radius 3 is 2.00 bits per heavy atom. The maximum atomic E-state index is 10.1. The van der Waals surface area contributed by atoms with Crippen molar-refractivity contribution in [1.29, 1.82) is 0 Å². The molecule has 2 nitrogen and oxygen atoms in total. The van der Waals surface area contributed by atoms with Gasteiger partial charge in [0.2, 0.25) is 0 Å². The second-order valence-corrected chi connectivity index (χ2v) is 4.12. The Morgan fingerprint density at radius 1 is 1.17 bits per heavy atom. The predicted octanol–water partition coefficient (Wildman–Crippen LogP) is 2.01. The second kappa shape index (κ2) is 3.35. The molecule has 1 atom stereocenters. The summed E-state index contributed by atoms with van der Waals surface area (Å²) >= 11 is 0. The third-order valence-corrected chi connectivity index (χ3v) is 3.74. The number of aliphatic hydroxyl groups is 1. The van der Waals surface area contributed by atoms with Gasteiger partial charge in [-0.2, -0.15) is 0 Å². The van der Waals surface area contributed by atoms with Gasteiger partial charge in [-0.25, -0.2) is 0 Å². The summed E-state index contributed by atoms with van der Waals surface area (Å²) in [6, 6.07) is 0. The zero-order valence-electron chi connectivity index (χ0n) is 8.27. The number of rotatable bonds is 2. The van der Waals surface area contributed by atoms with Crippen LogP contribution < -0.4 is 5.73 Å². The van der Waals surface area contributed by atoms with Gasteiger partial charge in [0.1, 0.15) is 5.72 Å². The molecule has 0 heterocycles. The summed E-state index contributed by atoms with van der Waals surface area (Å²) in [6.45, 7) is 4.26. The van der Waals surface area contributed by atoms with Gasteiger partial charge < -0.3 is 10.8 Å². The first-order chi connectivity index (χ1) is 5.58. The van der Waals surface area contributed by atoms with E-state index in [1.165, 1.54) is 6.42 Å². The highest BCUT2D eigenvalue weighted by Crippen LogP contribution is 2.46. The fraction of sp³-hybridized carbons (Fsp3) is 1.00. The maximum absolute atomic E-state index is 10.1. The highest BCUT2D eigenvalue weighted by Gasteiger charge is 2.46. The molecule has 1 rings (SSSR count). The first-order valence-corrected chi connectivity index (χ1v) is 5.09. The van der Waals surface area contributed by atoms with E-state index in [4.69, 9.17) is 5.73 Å². The van der Waals surface area contributed by atoms with Crippen LogP contribution in [0.3, 0.4) is 0 Å². The summed E-state index contributed by atoms with van der Waals surface area (Å²) in [7, 11) is 0. The summed E-state index contributed by atoms with van der Waals surface area (Å²) in [6.07, 6.45) is 6.16. The third kappa shape index (κ3) is 1.38. The molecular formula is C10H21NO. The Labute approximate surface area is 75.2 Å². The van der Waals surface area contributed by atoms with Gasteiger partial charge in [0.05, 0.1) is 0 Å². The van der Waals surface area contributed by atoms with E-state index in [0.29, 0.717) is 0 Å². The Morgan fingerprint density at radius 2 is 1.67 bits per heavy atom. The highest BCUT2D eigenvalue weighted by atomic mass is 16.3. The number of hydrogen-bond donors (Lipinski definition) is 2. The van der Waals surface area contributed by atoms with E-state index in [-0.39, 0.29) is 5.41 Å². The monoisotopic (exact) mass is 171 g/mol. The minimum atomic E-state index is -0.908. The molecule has 0 aromatic heterocycles. The molecule has 0 bridgehead atoms. The molecule has 72 valence electrons. The topological polar surface area (TPSA) is 46.2 Å². The van der Waals surface area contributed by atoms with Crippen molar-refractivity contribution < 1.29 is 5.11 Å². The van der Waals surface area contributed by atoms with Crippen LogP contribution in [0.15, 0.2) is 0 Å². The lowest BCUT2D eigenvalue weighted by Crippen LogP contribution is -2.56. The summed E-state index contributed by atoms with van der Waals surface area (Å²) in [5.41, 5.74) is 5.02. The average molecular weight is 171 g/mol. The lowest BCUT2D eigenvalue weighted by atomic mass is 9.65. The van der Waals surface area contributed by atoms with Crippen LogP contribution in [0.5, 0.6) is 0 Å². The lowest BCUT2D eigenvalue weighted by molar-refractivity contribution is -0.115. The first kappa shape index (κ1) is 10.0. The van der Waals surface area contributed by atoms with Gasteiger partial charge in [0.15, 0.2) is 0 Å². The summed E-state index contributed by atoms with van der Waals surface area (Å²) in [4.78, 5) is 0. The first-order valence-electron chi connectivity index (χ1n) is 5.09. The molecule has 0 aromatic carbocycles. The second-order valence-electron chi connectivity index (χ2n) is 4.12. The molecule has 0 radical (unpaired) electrons. The van der Waals surface area contributed by atoms with E-state index in [0.717, 1.165) is 32.1 Å². The molecule has 0 aromatic rings. The maximum Gasteiger partial charge on any atom is 0.119 e. The quantitative estimate of drug-likeness (QED) is 0.624. The highest BCUT2D eigenvalue weighted by molar-refractivity contribution is 4.96. The SMILES string of the molecule is CCC1(CC)CCCCC1(N)O. The van der Waals surface area contributed by atoms with Crippen molar-refractivity contribution in [2.75, 3.05) is 0 Å². The lowest BCUT2D eigenvalue weighted by Gasteiger charge is -2.47.